The van der Waals surface area contributed by atoms with E-state index in [1.54, 1.807) is 0 Å². The molecule has 1 aliphatic rings. The van der Waals surface area contributed by atoms with Gasteiger partial charge in [0.25, 0.3) is 0 Å². The summed E-state index contributed by atoms with van der Waals surface area (Å²) in [6, 6.07) is 10.3. The molecule has 0 bridgehead atoms. The number of hydrogen-bond donors (Lipinski definition) is 2. The molecule has 3 rings (SSSR count). The highest BCUT2D eigenvalue weighted by Gasteiger charge is 2.20. The molecular formula is C19H28IN5. The van der Waals surface area contributed by atoms with E-state index >= 15 is 0 Å². The van der Waals surface area contributed by atoms with Crippen LogP contribution in [0.5, 0.6) is 0 Å². The summed E-state index contributed by atoms with van der Waals surface area (Å²) < 4.78 is 1.97. The topological polar surface area (TPSA) is 54.2 Å². The molecule has 0 radical (unpaired) electrons. The average molecular weight is 453 g/mol. The Labute approximate surface area is 167 Å². The van der Waals surface area contributed by atoms with Gasteiger partial charge >= 0.3 is 0 Å². The minimum atomic E-state index is 0. The zero-order chi connectivity index (χ0) is 16.8. The number of nitrogens with one attached hydrogen (secondary N) is 2. The smallest absolute Gasteiger partial charge is 0.190 e. The quantitative estimate of drug-likeness (QED) is 0.293. The van der Waals surface area contributed by atoms with E-state index < -0.39 is 0 Å². The van der Waals surface area contributed by atoms with Crippen molar-refractivity contribution in [1.29, 1.82) is 0 Å². The highest BCUT2D eigenvalue weighted by Crippen LogP contribution is 2.27. The van der Waals surface area contributed by atoms with Gasteiger partial charge in [-0.3, -0.25) is 4.99 Å². The second-order valence-corrected chi connectivity index (χ2v) is 6.45. The predicted molar refractivity (Wildman–Crippen MR) is 114 cm³/mol. The summed E-state index contributed by atoms with van der Waals surface area (Å²) in [4.78, 5) is 4.27. The Morgan fingerprint density at radius 2 is 2.00 bits per heavy atom. The molecule has 2 N–H and O–H groups in total. The average Bonchev–Trinajstić information content (AvgIpc) is 3.37. The second-order valence-electron chi connectivity index (χ2n) is 6.45. The Balaban J connectivity index is 0.00000225. The maximum Gasteiger partial charge on any atom is 0.190 e. The van der Waals surface area contributed by atoms with Gasteiger partial charge in [-0.15, -0.1) is 24.0 Å². The predicted octanol–water partition coefficient (Wildman–Crippen LogP) is 3.31. The van der Waals surface area contributed by atoms with Crippen molar-refractivity contribution in [1.82, 2.24) is 20.4 Å². The molecule has 1 saturated carbocycles. The lowest BCUT2D eigenvalue weighted by atomic mass is 10.1. The molecule has 0 atom stereocenters. The molecule has 5 nitrogen and oxygen atoms in total. The van der Waals surface area contributed by atoms with Crippen molar-refractivity contribution < 1.29 is 0 Å². The number of hydrogen-bond acceptors (Lipinski definition) is 2. The maximum absolute atomic E-state index is 4.63. The van der Waals surface area contributed by atoms with Crippen molar-refractivity contribution in [3.05, 3.63) is 47.8 Å². The molecule has 0 unspecified atom stereocenters. The minimum Gasteiger partial charge on any atom is -0.356 e. The van der Waals surface area contributed by atoms with E-state index in [1.807, 2.05) is 29.9 Å². The molecule has 0 saturated heterocycles. The lowest BCUT2D eigenvalue weighted by Gasteiger charge is -2.11. The zero-order valence-electron chi connectivity index (χ0n) is 15.0. The van der Waals surface area contributed by atoms with Crippen LogP contribution in [0.3, 0.4) is 0 Å². The number of aryl methyl sites for hydroxylation is 2. The van der Waals surface area contributed by atoms with Crippen molar-refractivity contribution >= 4 is 29.9 Å². The van der Waals surface area contributed by atoms with Crippen molar-refractivity contribution in [2.45, 2.75) is 32.6 Å². The van der Waals surface area contributed by atoms with Crippen molar-refractivity contribution in [2.75, 3.05) is 20.1 Å². The lowest BCUT2D eigenvalue weighted by molar-refractivity contribution is 0.713. The molecule has 6 heteroatoms. The Morgan fingerprint density at radius 3 is 2.68 bits per heavy atom. The number of halogens is 1. The van der Waals surface area contributed by atoms with Crippen molar-refractivity contribution in [3.63, 3.8) is 0 Å². The van der Waals surface area contributed by atoms with Gasteiger partial charge in [0.15, 0.2) is 5.96 Å². The number of para-hydroxylation sites is 1. The maximum atomic E-state index is 4.63. The van der Waals surface area contributed by atoms with E-state index in [0.717, 1.165) is 49.2 Å². The number of benzene rings is 1. The van der Waals surface area contributed by atoms with Crippen molar-refractivity contribution in [3.8, 4) is 5.69 Å². The van der Waals surface area contributed by atoms with Crippen LogP contribution in [-0.2, 0) is 6.42 Å². The minimum absolute atomic E-state index is 0. The molecule has 0 aliphatic heterocycles. The monoisotopic (exact) mass is 453 g/mol. The van der Waals surface area contributed by atoms with Crippen LogP contribution in [0.2, 0.25) is 0 Å². The first-order chi connectivity index (χ1) is 11.8. The first kappa shape index (κ1) is 19.8. The summed E-state index contributed by atoms with van der Waals surface area (Å²) in [6.45, 7) is 4.04. The number of aromatic nitrogens is 2. The van der Waals surface area contributed by atoms with E-state index in [2.05, 4.69) is 46.0 Å². The molecule has 1 aromatic carbocycles. The van der Waals surface area contributed by atoms with Gasteiger partial charge in [-0.1, -0.05) is 18.2 Å². The van der Waals surface area contributed by atoms with Gasteiger partial charge in [-0.25, -0.2) is 4.68 Å². The van der Waals surface area contributed by atoms with Gasteiger partial charge in [-0.05, 0) is 56.2 Å². The molecule has 25 heavy (non-hydrogen) atoms. The van der Waals surface area contributed by atoms with E-state index in [1.165, 1.54) is 18.4 Å². The standard InChI is InChI=1S/C19H27N5.HI/c1-15-17(14-24(23-15)18-8-4-3-5-9-18)7-6-12-21-19(20-2)22-13-16-10-11-16;/h3-5,8-9,14,16H,6-7,10-13H2,1-2H3,(H2,20,21,22);1H. The highest BCUT2D eigenvalue weighted by atomic mass is 127. The Hall–Kier alpha value is -1.57. The largest absolute Gasteiger partial charge is 0.356 e. The molecule has 1 fully saturated rings. The molecule has 136 valence electrons. The zero-order valence-corrected chi connectivity index (χ0v) is 17.4. The summed E-state index contributed by atoms with van der Waals surface area (Å²) in [6.07, 6.45) is 6.94. The fraction of sp³-hybridized carbons (Fsp3) is 0.474. The van der Waals surface area contributed by atoms with E-state index in [-0.39, 0.29) is 24.0 Å². The molecule has 2 aromatic rings. The van der Waals surface area contributed by atoms with Gasteiger partial charge in [0.2, 0.25) is 0 Å². The van der Waals surface area contributed by atoms with Gasteiger partial charge < -0.3 is 10.6 Å². The van der Waals surface area contributed by atoms with E-state index in [4.69, 9.17) is 0 Å². The van der Waals surface area contributed by atoms with Gasteiger partial charge in [0.05, 0.1) is 11.4 Å². The van der Waals surface area contributed by atoms with Crippen LogP contribution in [-0.4, -0.2) is 35.9 Å². The third-order valence-corrected chi connectivity index (χ3v) is 4.42. The lowest BCUT2D eigenvalue weighted by Crippen LogP contribution is -2.38. The molecule has 0 amide bonds. The van der Waals surface area contributed by atoms with E-state index in [0.29, 0.717) is 0 Å². The van der Waals surface area contributed by atoms with Gasteiger partial charge in [0.1, 0.15) is 0 Å². The Kier molecular flexibility index (Phi) is 7.74. The SMILES string of the molecule is CN=C(NCCCc1cn(-c2ccccc2)nc1C)NCC1CC1.I. The molecule has 1 aromatic heterocycles. The first-order valence-corrected chi connectivity index (χ1v) is 8.81. The molecule has 0 spiro atoms. The second kappa shape index (κ2) is 9.79. The number of rotatable bonds is 7. The third kappa shape index (κ3) is 6.02. The number of guanidine groups is 1. The Morgan fingerprint density at radius 1 is 1.24 bits per heavy atom. The van der Waals surface area contributed by atoms with Crippen LogP contribution in [0.1, 0.15) is 30.5 Å². The van der Waals surface area contributed by atoms with Gasteiger partial charge in [0, 0.05) is 26.3 Å². The van der Waals surface area contributed by atoms with Crippen LogP contribution in [0.25, 0.3) is 5.69 Å². The van der Waals surface area contributed by atoms with Crippen LogP contribution in [0.4, 0.5) is 0 Å². The summed E-state index contributed by atoms with van der Waals surface area (Å²) >= 11 is 0. The van der Waals surface area contributed by atoms with Crippen LogP contribution in [0.15, 0.2) is 41.5 Å². The molecule has 1 aliphatic carbocycles. The fourth-order valence-electron chi connectivity index (χ4n) is 2.72. The summed E-state index contributed by atoms with van der Waals surface area (Å²) in [5.74, 6) is 1.77. The number of aliphatic imine (C=N–C) groups is 1. The van der Waals surface area contributed by atoms with Gasteiger partial charge in [-0.2, -0.15) is 5.10 Å². The fourth-order valence-corrected chi connectivity index (χ4v) is 2.72. The van der Waals surface area contributed by atoms with E-state index in [9.17, 15) is 0 Å². The summed E-state index contributed by atoms with van der Waals surface area (Å²) in [5, 5.41) is 11.4. The summed E-state index contributed by atoms with van der Waals surface area (Å²) in [7, 11) is 1.83. The molecular weight excluding hydrogens is 425 g/mol. The molecule has 1 heterocycles. The Bertz CT molecular complexity index is 676. The first-order valence-electron chi connectivity index (χ1n) is 8.81. The third-order valence-electron chi connectivity index (χ3n) is 4.42. The normalized spacial score (nSPS) is 14.1. The number of nitrogens with zero attached hydrogens (tertiary/aromatic N) is 3. The summed E-state index contributed by atoms with van der Waals surface area (Å²) in [5.41, 5.74) is 3.52. The van der Waals surface area contributed by atoms with Crippen molar-refractivity contribution in [2.24, 2.45) is 10.9 Å². The van der Waals surface area contributed by atoms with Crippen LogP contribution >= 0.6 is 24.0 Å². The van der Waals surface area contributed by atoms with Crippen LogP contribution in [0, 0.1) is 12.8 Å². The highest BCUT2D eigenvalue weighted by molar-refractivity contribution is 14.0. The van der Waals surface area contributed by atoms with Crippen LogP contribution < -0.4 is 10.6 Å².